The van der Waals surface area contributed by atoms with Gasteiger partial charge in [0.05, 0.1) is 11.4 Å². The average molecular weight is 250 g/mol. The smallest absolute Gasteiger partial charge is 0.0564 e. The van der Waals surface area contributed by atoms with E-state index >= 15 is 0 Å². The molecule has 1 aliphatic rings. The molecule has 1 saturated heterocycles. The van der Waals surface area contributed by atoms with Crippen LogP contribution in [0, 0.1) is 5.92 Å². The SMILES string of the molecule is CN(Cc1cc(NN)ccn1)CC1CCOCC1. The van der Waals surface area contributed by atoms with Crippen LogP contribution >= 0.6 is 0 Å². The highest BCUT2D eigenvalue weighted by Gasteiger charge is 2.15. The molecule has 0 saturated carbocycles. The van der Waals surface area contributed by atoms with Crippen molar-refractivity contribution in [2.24, 2.45) is 11.8 Å². The second kappa shape index (κ2) is 6.68. The molecular weight excluding hydrogens is 228 g/mol. The third-order valence-electron chi connectivity index (χ3n) is 3.33. The molecule has 0 aliphatic carbocycles. The summed E-state index contributed by atoms with van der Waals surface area (Å²) in [4.78, 5) is 6.68. The minimum absolute atomic E-state index is 0.750. The van der Waals surface area contributed by atoms with Crippen molar-refractivity contribution in [3.63, 3.8) is 0 Å². The third-order valence-corrected chi connectivity index (χ3v) is 3.33. The molecule has 100 valence electrons. The lowest BCUT2D eigenvalue weighted by molar-refractivity contribution is 0.0548. The summed E-state index contributed by atoms with van der Waals surface area (Å²) in [5.41, 5.74) is 4.59. The van der Waals surface area contributed by atoms with Gasteiger partial charge in [-0.1, -0.05) is 0 Å². The highest BCUT2D eigenvalue weighted by atomic mass is 16.5. The van der Waals surface area contributed by atoms with E-state index in [1.807, 2.05) is 12.1 Å². The minimum atomic E-state index is 0.750. The maximum atomic E-state index is 5.39. The Hall–Kier alpha value is -1.17. The van der Waals surface area contributed by atoms with Crippen LogP contribution in [-0.2, 0) is 11.3 Å². The van der Waals surface area contributed by atoms with Gasteiger partial charge in [-0.2, -0.15) is 0 Å². The molecule has 0 unspecified atom stereocenters. The molecule has 0 amide bonds. The first-order valence-corrected chi connectivity index (χ1v) is 6.46. The molecule has 1 fully saturated rings. The number of hydrogen-bond donors (Lipinski definition) is 2. The highest BCUT2D eigenvalue weighted by Crippen LogP contribution is 2.16. The molecule has 0 atom stereocenters. The number of anilines is 1. The number of nitrogens with one attached hydrogen (secondary N) is 1. The van der Waals surface area contributed by atoms with Gasteiger partial charge in [0.1, 0.15) is 0 Å². The second-order valence-electron chi connectivity index (χ2n) is 4.93. The van der Waals surface area contributed by atoms with E-state index in [1.54, 1.807) is 6.20 Å². The van der Waals surface area contributed by atoms with E-state index in [4.69, 9.17) is 10.6 Å². The summed E-state index contributed by atoms with van der Waals surface area (Å²) in [6.07, 6.45) is 4.12. The van der Waals surface area contributed by atoms with Crippen molar-refractivity contribution >= 4 is 5.69 Å². The van der Waals surface area contributed by atoms with Crippen molar-refractivity contribution in [3.8, 4) is 0 Å². The zero-order valence-electron chi connectivity index (χ0n) is 10.9. The maximum absolute atomic E-state index is 5.39. The van der Waals surface area contributed by atoms with Gasteiger partial charge in [-0.3, -0.25) is 10.8 Å². The molecule has 0 aromatic carbocycles. The average Bonchev–Trinajstić information content (AvgIpc) is 2.40. The Bertz CT molecular complexity index is 366. The topological polar surface area (TPSA) is 63.4 Å². The van der Waals surface area contributed by atoms with E-state index in [0.29, 0.717) is 0 Å². The number of nitrogens with two attached hydrogens (primary N) is 1. The van der Waals surface area contributed by atoms with Gasteiger partial charge in [-0.25, -0.2) is 0 Å². The summed E-state index contributed by atoms with van der Waals surface area (Å²) >= 11 is 0. The number of rotatable bonds is 5. The maximum Gasteiger partial charge on any atom is 0.0564 e. The minimum Gasteiger partial charge on any atom is -0.381 e. The van der Waals surface area contributed by atoms with Crippen molar-refractivity contribution in [1.29, 1.82) is 0 Å². The van der Waals surface area contributed by atoms with Crippen LogP contribution in [0.2, 0.25) is 0 Å². The van der Waals surface area contributed by atoms with Crippen molar-refractivity contribution in [2.75, 3.05) is 32.2 Å². The van der Waals surface area contributed by atoms with Gasteiger partial charge in [-0.15, -0.1) is 0 Å². The van der Waals surface area contributed by atoms with Crippen LogP contribution in [0.15, 0.2) is 18.3 Å². The van der Waals surface area contributed by atoms with Gasteiger partial charge in [0, 0.05) is 32.5 Å². The van der Waals surface area contributed by atoms with Crippen molar-refractivity contribution < 1.29 is 4.74 Å². The summed E-state index contributed by atoms with van der Waals surface area (Å²) in [6, 6.07) is 3.85. The first-order valence-electron chi connectivity index (χ1n) is 6.46. The lowest BCUT2D eigenvalue weighted by atomic mass is 10.00. The predicted molar refractivity (Wildman–Crippen MR) is 71.9 cm³/mol. The van der Waals surface area contributed by atoms with Gasteiger partial charge in [0.2, 0.25) is 0 Å². The molecule has 1 aromatic rings. The summed E-state index contributed by atoms with van der Waals surface area (Å²) in [7, 11) is 2.14. The fourth-order valence-electron chi connectivity index (χ4n) is 2.37. The molecule has 2 heterocycles. The number of aromatic nitrogens is 1. The van der Waals surface area contributed by atoms with Crippen LogP contribution in [0.25, 0.3) is 0 Å². The van der Waals surface area contributed by atoms with Crippen molar-refractivity contribution in [2.45, 2.75) is 19.4 Å². The van der Waals surface area contributed by atoms with Crippen LogP contribution in [0.5, 0.6) is 0 Å². The molecule has 5 heteroatoms. The quantitative estimate of drug-likeness (QED) is 0.608. The molecule has 0 radical (unpaired) electrons. The van der Waals surface area contributed by atoms with Gasteiger partial charge >= 0.3 is 0 Å². The van der Waals surface area contributed by atoms with Gasteiger partial charge in [-0.05, 0) is 37.9 Å². The third kappa shape index (κ3) is 3.94. The number of pyridine rings is 1. The normalized spacial score (nSPS) is 17.1. The number of hydrogen-bond acceptors (Lipinski definition) is 5. The molecule has 2 rings (SSSR count). The van der Waals surface area contributed by atoms with Crippen LogP contribution in [0.3, 0.4) is 0 Å². The van der Waals surface area contributed by atoms with Crippen molar-refractivity contribution in [1.82, 2.24) is 9.88 Å². The molecule has 0 spiro atoms. The molecule has 18 heavy (non-hydrogen) atoms. The Morgan fingerprint density at radius 2 is 2.28 bits per heavy atom. The first-order chi connectivity index (χ1) is 8.78. The van der Waals surface area contributed by atoms with E-state index in [0.717, 1.165) is 43.6 Å². The zero-order valence-corrected chi connectivity index (χ0v) is 10.9. The lowest BCUT2D eigenvalue weighted by Crippen LogP contribution is -2.29. The number of ether oxygens (including phenoxy) is 1. The molecule has 3 N–H and O–H groups in total. The number of hydrazine groups is 1. The van der Waals surface area contributed by atoms with Crippen LogP contribution < -0.4 is 11.3 Å². The molecule has 5 nitrogen and oxygen atoms in total. The Kier molecular flexibility index (Phi) is 4.92. The van der Waals surface area contributed by atoms with Crippen LogP contribution in [0.4, 0.5) is 5.69 Å². The monoisotopic (exact) mass is 250 g/mol. The van der Waals surface area contributed by atoms with Gasteiger partial charge < -0.3 is 15.1 Å². The number of nitrogens with zero attached hydrogens (tertiary/aromatic N) is 2. The lowest BCUT2D eigenvalue weighted by Gasteiger charge is -2.26. The summed E-state index contributed by atoms with van der Waals surface area (Å²) in [6.45, 7) is 3.77. The fourth-order valence-corrected chi connectivity index (χ4v) is 2.37. The summed E-state index contributed by atoms with van der Waals surface area (Å²) in [5.74, 6) is 6.14. The van der Waals surface area contributed by atoms with E-state index < -0.39 is 0 Å². The Morgan fingerprint density at radius 1 is 1.50 bits per heavy atom. The largest absolute Gasteiger partial charge is 0.381 e. The Balaban J connectivity index is 1.83. The van der Waals surface area contributed by atoms with Crippen molar-refractivity contribution in [3.05, 3.63) is 24.0 Å². The standard InChI is InChI=1S/C13H22N4O/c1-17(9-11-3-6-18-7-4-11)10-13-8-12(16-14)2-5-15-13/h2,5,8,11H,3-4,6-7,9-10,14H2,1H3,(H,15,16). The Morgan fingerprint density at radius 3 is 3.00 bits per heavy atom. The van der Waals surface area contributed by atoms with Crippen LogP contribution in [-0.4, -0.2) is 36.7 Å². The van der Waals surface area contributed by atoms with Crippen LogP contribution in [0.1, 0.15) is 18.5 Å². The zero-order chi connectivity index (χ0) is 12.8. The molecule has 1 aliphatic heterocycles. The van der Waals surface area contributed by atoms with Gasteiger partial charge in [0.25, 0.3) is 0 Å². The number of nitrogen functional groups attached to an aromatic ring is 1. The molecule has 1 aromatic heterocycles. The Labute approximate surface area is 108 Å². The fraction of sp³-hybridized carbons (Fsp3) is 0.615. The van der Waals surface area contributed by atoms with E-state index in [-0.39, 0.29) is 0 Å². The first kappa shape index (κ1) is 13.3. The van der Waals surface area contributed by atoms with Gasteiger partial charge in [0.15, 0.2) is 0 Å². The summed E-state index contributed by atoms with van der Waals surface area (Å²) in [5, 5.41) is 0. The summed E-state index contributed by atoms with van der Waals surface area (Å²) < 4.78 is 5.38. The van der Waals surface area contributed by atoms with E-state index in [9.17, 15) is 0 Å². The second-order valence-corrected chi connectivity index (χ2v) is 4.93. The van der Waals surface area contributed by atoms with E-state index in [1.165, 1.54) is 12.8 Å². The molecule has 0 bridgehead atoms. The van der Waals surface area contributed by atoms with E-state index in [2.05, 4.69) is 22.4 Å². The molecular formula is C13H22N4O. The highest BCUT2D eigenvalue weighted by molar-refractivity contribution is 5.41. The predicted octanol–water partition coefficient (Wildman–Crippen LogP) is 1.23.